The number of aryl methyl sites for hydroxylation is 1. The molecule has 0 bridgehead atoms. The number of rotatable bonds is 4. The highest BCUT2D eigenvalue weighted by Gasteiger charge is 2.28. The van der Waals surface area contributed by atoms with Crippen LogP contribution in [0, 0.1) is 11.6 Å². The summed E-state index contributed by atoms with van der Waals surface area (Å²) in [6.45, 7) is 1.02. The molecule has 1 aliphatic rings. The summed E-state index contributed by atoms with van der Waals surface area (Å²) in [5, 5.41) is 4.22. The van der Waals surface area contributed by atoms with Crippen molar-refractivity contribution in [1.82, 2.24) is 29.6 Å². The third kappa shape index (κ3) is 3.75. The number of halogens is 2. The minimum atomic E-state index is -0.659. The molecular weight excluding hydrogens is 416 g/mol. The number of carbonyl (C=O) groups is 1. The molecule has 1 fully saturated rings. The lowest BCUT2D eigenvalue weighted by atomic mass is 10.1. The quantitative estimate of drug-likeness (QED) is 0.490. The largest absolute Gasteiger partial charge is 0.344 e. The van der Waals surface area contributed by atoms with E-state index in [1.807, 2.05) is 18.1 Å². The first kappa shape index (κ1) is 20.0. The normalized spacial score (nSPS) is 14.4. The molecule has 1 aliphatic heterocycles. The van der Waals surface area contributed by atoms with Gasteiger partial charge in [-0.25, -0.2) is 18.7 Å². The number of pyridine rings is 1. The van der Waals surface area contributed by atoms with Crippen molar-refractivity contribution in [2.45, 2.75) is 6.54 Å². The molecule has 0 radical (unpaired) electrons. The smallest absolute Gasteiger partial charge is 0.242 e. The van der Waals surface area contributed by atoms with Gasteiger partial charge in [0.15, 0.2) is 5.82 Å². The molecule has 5 rings (SSSR count). The van der Waals surface area contributed by atoms with Gasteiger partial charge in [0.2, 0.25) is 5.91 Å². The van der Waals surface area contributed by atoms with Gasteiger partial charge in [0.1, 0.15) is 22.8 Å². The second kappa shape index (κ2) is 7.95. The lowest BCUT2D eigenvalue weighted by Crippen LogP contribution is -2.50. The van der Waals surface area contributed by atoms with Crippen LogP contribution in [-0.2, 0) is 18.4 Å². The zero-order valence-corrected chi connectivity index (χ0v) is 17.2. The summed E-state index contributed by atoms with van der Waals surface area (Å²) in [6, 6.07) is 5.16. The molecule has 0 N–H and O–H groups in total. The van der Waals surface area contributed by atoms with Gasteiger partial charge in [-0.1, -0.05) is 6.07 Å². The summed E-state index contributed by atoms with van der Waals surface area (Å²) in [4.78, 5) is 29.9. The Balaban J connectivity index is 1.44. The highest BCUT2D eigenvalue weighted by molar-refractivity contribution is 5.87. The summed E-state index contributed by atoms with van der Waals surface area (Å²) >= 11 is 0. The van der Waals surface area contributed by atoms with Crippen molar-refractivity contribution < 1.29 is 13.6 Å². The number of hydrogen-bond donors (Lipinski definition) is 0. The Morgan fingerprint density at radius 1 is 1.06 bits per heavy atom. The van der Waals surface area contributed by atoms with Gasteiger partial charge in [0.25, 0.3) is 0 Å². The molecule has 0 unspecified atom stereocenters. The van der Waals surface area contributed by atoms with E-state index in [0.717, 1.165) is 11.6 Å². The molecule has 1 aromatic carbocycles. The third-order valence-electron chi connectivity index (χ3n) is 5.42. The maximum absolute atomic E-state index is 14.0. The lowest BCUT2D eigenvalue weighted by Gasteiger charge is -2.35. The van der Waals surface area contributed by atoms with Crippen LogP contribution in [0.4, 0.5) is 14.6 Å². The van der Waals surface area contributed by atoms with Crippen LogP contribution in [-0.4, -0.2) is 55.2 Å². The average Bonchev–Trinajstić information content (AvgIpc) is 3.22. The molecular formula is C22H19F2N7O. The highest BCUT2D eigenvalue weighted by atomic mass is 19.1. The van der Waals surface area contributed by atoms with E-state index in [9.17, 15) is 13.6 Å². The molecule has 162 valence electrons. The van der Waals surface area contributed by atoms with Gasteiger partial charge in [0, 0.05) is 56.3 Å². The van der Waals surface area contributed by atoms with Gasteiger partial charge in [0.05, 0.1) is 24.5 Å². The van der Waals surface area contributed by atoms with Crippen LogP contribution in [0.3, 0.4) is 0 Å². The van der Waals surface area contributed by atoms with E-state index in [2.05, 4.69) is 10.1 Å². The maximum Gasteiger partial charge on any atom is 0.242 e. The predicted molar refractivity (Wildman–Crippen MR) is 114 cm³/mol. The van der Waals surface area contributed by atoms with Gasteiger partial charge in [-0.05, 0) is 12.1 Å². The Labute approximate surface area is 182 Å². The molecule has 4 aromatic rings. The number of piperazine rings is 1. The van der Waals surface area contributed by atoms with Crippen LogP contribution in [0.25, 0.3) is 22.3 Å². The highest BCUT2D eigenvalue weighted by Crippen LogP contribution is 2.30. The topological polar surface area (TPSA) is 80.0 Å². The number of fused-ring (bicyclic) bond motifs is 1. The van der Waals surface area contributed by atoms with E-state index < -0.39 is 11.6 Å². The van der Waals surface area contributed by atoms with Gasteiger partial charge in [-0.15, -0.1) is 0 Å². The molecule has 32 heavy (non-hydrogen) atoms. The Kier molecular flexibility index (Phi) is 4.96. The van der Waals surface area contributed by atoms with E-state index >= 15 is 0 Å². The number of amides is 1. The molecule has 4 heterocycles. The van der Waals surface area contributed by atoms with Crippen molar-refractivity contribution in [1.29, 1.82) is 0 Å². The van der Waals surface area contributed by atoms with Crippen molar-refractivity contribution in [2.24, 2.45) is 7.05 Å². The number of aromatic nitrogens is 5. The minimum Gasteiger partial charge on any atom is -0.344 e. The van der Waals surface area contributed by atoms with Crippen molar-refractivity contribution >= 4 is 22.8 Å². The van der Waals surface area contributed by atoms with Gasteiger partial charge < -0.3 is 9.80 Å². The Morgan fingerprint density at radius 3 is 2.69 bits per heavy atom. The second-order valence-electron chi connectivity index (χ2n) is 7.64. The van der Waals surface area contributed by atoms with Crippen LogP contribution in [0.5, 0.6) is 0 Å². The summed E-state index contributed by atoms with van der Waals surface area (Å²) in [7, 11) is 1.82. The average molecular weight is 435 g/mol. The monoisotopic (exact) mass is 435 g/mol. The van der Waals surface area contributed by atoms with Crippen LogP contribution in [0.1, 0.15) is 5.56 Å². The van der Waals surface area contributed by atoms with E-state index in [4.69, 9.17) is 9.97 Å². The van der Waals surface area contributed by atoms with Crippen molar-refractivity contribution in [3.63, 3.8) is 0 Å². The number of nitrogens with zero attached hydrogens (tertiary/aromatic N) is 7. The number of carbonyl (C=O) groups excluding carboxylic acids is 1. The van der Waals surface area contributed by atoms with Gasteiger partial charge in [-0.3, -0.25) is 14.5 Å². The summed E-state index contributed by atoms with van der Waals surface area (Å²) < 4.78 is 28.9. The molecule has 0 atom stereocenters. The van der Waals surface area contributed by atoms with Crippen molar-refractivity contribution in [2.75, 3.05) is 24.5 Å². The molecule has 10 heteroatoms. The van der Waals surface area contributed by atoms with Gasteiger partial charge >= 0.3 is 0 Å². The number of anilines is 1. The molecule has 1 saturated heterocycles. The van der Waals surface area contributed by atoms with E-state index in [-0.39, 0.29) is 24.6 Å². The van der Waals surface area contributed by atoms with Crippen LogP contribution in [0.2, 0.25) is 0 Å². The van der Waals surface area contributed by atoms with Crippen molar-refractivity contribution in [3.8, 4) is 11.3 Å². The second-order valence-corrected chi connectivity index (χ2v) is 7.64. The summed E-state index contributed by atoms with van der Waals surface area (Å²) in [5.74, 6) is -0.894. The SMILES string of the molecule is Cn1cc(-c2nc3cnccc3nc2N2CCN(Cc3ccc(F)cc3F)C(=O)C2)cn1. The zero-order chi connectivity index (χ0) is 22.2. The molecule has 0 saturated carbocycles. The van der Waals surface area contributed by atoms with Crippen molar-refractivity contribution in [3.05, 3.63) is 66.3 Å². The summed E-state index contributed by atoms with van der Waals surface area (Å²) in [6.07, 6.45) is 6.83. The molecule has 3 aromatic heterocycles. The standard InChI is InChI=1S/C22H19F2N7O/c1-29-11-15(9-26-29)21-22(28-18-4-5-25-10-19(18)27-21)31-7-6-30(20(32)13-31)12-14-2-3-16(23)8-17(14)24/h2-5,8-11H,6-7,12-13H2,1H3. The Bertz CT molecular complexity index is 1320. The van der Waals surface area contributed by atoms with Gasteiger partial charge in [-0.2, -0.15) is 5.10 Å². The fraction of sp³-hybridized carbons (Fsp3) is 0.227. The first-order valence-corrected chi connectivity index (χ1v) is 10.1. The van der Waals surface area contributed by atoms with Crippen LogP contribution >= 0.6 is 0 Å². The third-order valence-corrected chi connectivity index (χ3v) is 5.42. The first-order chi connectivity index (χ1) is 15.5. The lowest BCUT2D eigenvalue weighted by molar-refractivity contribution is -0.131. The Hall–Kier alpha value is -3.95. The first-order valence-electron chi connectivity index (χ1n) is 10.1. The number of hydrogen-bond acceptors (Lipinski definition) is 6. The van der Waals surface area contributed by atoms with Crippen LogP contribution < -0.4 is 4.90 Å². The van der Waals surface area contributed by atoms with E-state index in [1.54, 1.807) is 34.2 Å². The van der Waals surface area contributed by atoms with Crippen LogP contribution in [0.15, 0.2) is 49.1 Å². The predicted octanol–water partition coefficient (Wildman–Crippen LogP) is 2.55. The molecule has 0 spiro atoms. The maximum atomic E-state index is 14.0. The van der Waals surface area contributed by atoms with E-state index in [1.165, 1.54) is 12.1 Å². The fourth-order valence-electron chi connectivity index (χ4n) is 3.77. The Morgan fingerprint density at radius 2 is 1.94 bits per heavy atom. The summed E-state index contributed by atoms with van der Waals surface area (Å²) in [5.41, 5.74) is 2.99. The molecule has 8 nitrogen and oxygen atoms in total. The minimum absolute atomic E-state index is 0.0708. The molecule has 1 amide bonds. The van der Waals surface area contributed by atoms with E-state index in [0.29, 0.717) is 35.6 Å². The zero-order valence-electron chi connectivity index (χ0n) is 17.2. The number of benzene rings is 1. The molecule has 0 aliphatic carbocycles. The fourth-order valence-corrected chi connectivity index (χ4v) is 3.77.